The van der Waals surface area contributed by atoms with Crippen LogP contribution < -0.4 is 14.9 Å². The third-order valence-electron chi connectivity index (χ3n) is 3.78. The molecule has 0 aliphatic rings. The number of hydrogen-bond donors (Lipinski definition) is 1. The second-order valence-corrected chi connectivity index (χ2v) is 6.60. The Morgan fingerprint density at radius 3 is 2.75 bits per heavy atom. The number of methoxy groups -OCH3 is 1. The minimum absolute atomic E-state index is 0.335. The minimum Gasteiger partial charge on any atom is -0.493 e. The topological polar surface area (TPSA) is 72.8 Å². The molecule has 0 saturated heterocycles. The van der Waals surface area contributed by atoms with Gasteiger partial charge in [-0.25, -0.2) is 5.43 Å². The zero-order valence-corrected chi connectivity index (χ0v) is 16.7. The number of rotatable bonds is 7. The van der Waals surface area contributed by atoms with Crippen molar-refractivity contribution in [3.8, 4) is 11.5 Å². The third-order valence-corrected chi connectivity index (χ3v) is 4.37. The lowest BCUT2D eigenvalue weighted by molar-refractivity contribution is 0.0955. The molecule has 1 aromatic heterocycles. The summed E-state index contributed by atoms with van der Waals surface area (Å²) >= 11 is 3.51. The maximum Gasteiger partial charge on any atom is 0.272 e. The van der Waals surface area contributed by atoms with Crippen molar-refractivity contribution in [1.29, 1.82) is 0 Å². The second-order valence-electron chi connectivity index (χ2n) is 5.75. The van der Waals surface area contributed by atoms with Crippen molar-refractivity contribution in [1.82, 2.24) is 10.4 Å². The first kappa shape index (κ1) is 19.6. The SMILES string of the molecule is COc1cc(C=NNC(=O)c2cccnc2)cc(Br)c1OCc1ccccc1. The van der Waals surface area contributed by atoms with Crippen LogP contribution in [0.25, 0.3) is 0 Å². The van der Waals surface area contributed by atoms with E-state index in [0.29, 0.717) is 23.7 Å². The molecule has 7 heteroatoms. The lowest BCUT2D eigenvalue weighted by Crippen LogP contribution is -2.17. The van der Waals surface area contributed by atoms with Gasteiger partial charge in [-0.15, -0.1) is 0 Å². The number of amides is 1. The number of aromatic nitrogens is 1. The Hall–Kier alpha value is -3.19. The first-order valence-electron chi connectivity index (χ1n) is 8.45. The van der Waals surface area contributed by atoms with Gasteiger partial charge >= 0.3 is 0 Å². The van der Waals surface area contributed by atoms with Gasteiger partial charge in [0.2, 0.25) is 0 Å². The molecule has 6 nitrogen and oxygen atoms in total. The van der Waals surface area contributed by atoms with Crippen molar-refractivity contribution in [3.05, 3.63) is 88.2 Å². The summed E-state index contributed by atoms with van der Waals surface area (Å²) in [4.78, 5) is 15.9. The highest BCUT2D eigenvalue weighted by molar-refractivity contribution is 9.10. The molecule has 0 saturated carbocycles. The van der Waals surface area contributed by atoms with E-state index in [1.807, 2.05) is 36.4 Å². The lowest BCUT2D eigenvalue weighted by atomic mass is 10.2. The number of nitrogens with one attached hydrogen (secondary N) is 1. The Bertz CT molecular complexity index is 963. The number of ether oxygens (including phenoxy) is 2. The Balaban J connectivity index is 1.69. The predicted octanol–water partition coefficient (Wildman–Crippen LogP) is 4.20. The average Bonchev–Trinajstić information content (AvgIpc) is 2.74. The molecule has 0 unspecified atom stereocenters. The highest BCUT2D eigenvalue weighted by Gasteiger charge is 2.12. The molecule has 28 heavy (non-hydrogen) atoms. The van der Waals surface area contributed by atoms with E-state index in [2.05, 4.69) is 31.4 Å². The number of hydrazone groups is 1. The maximum absolute atomic E-state index is 12.0. The third kappa shape index (κ3) is 5.17. The van der Waals surface area contributed by atoms with Crippen molar-refractivity contribution < 1.29 is 14.3 Å². The van der Waals surface area contributed by atoms with Crippen molar-refractivity contribution >= 4 is 28.1 Å². The molecule has 3 aromatic rings. The van der Waals surface area contributed by atoms with Crippen LogP contribution in [-0.2, 0) is 6.61 Å². The van der Waals surface area contributed by atoms with Gasteiger partial charge in [-0.2, -0.15) is 5.10 Å². The quantitative estimate of drug-likeness (QED) is 0.442. The van der Waals surface area contributed by atoms with E-state index in [9.17, 15) is 4.79 Å². The molecule has 0 fully saturated rings. The van der Waals surface area contributed by atoms with Gasteiger partial charge in [-0.3, -0.25) is 9.78 Å². The second kappa shape index (κ2) is 9.66. The Morgan fingerprint density at radius 2 is 2.04 bits per heavy atom. The van der Waals surface area contributed by atoms with Gasteiger partial charge in [0.25, 0.3) is 5.91 Å². The normalized spacial score (nSPS) is 10.6. The molecule has 0 bridgehead atoms. The van der Waals surface area contributed by atoms with Crippen LogP contribution in [0.15, 0.2) is 76.6 Å². The van der Waals surface area contributed by atoms with Crippen molar-refractivity contribution in [2.75, 3.05) is 7.11 Å². The molecular formula is C21H18BrN3O3. The predicted molar refractivity (Wildman–Crippen MR) is 111 cm³/mol. The smallest absolute Gasteiger partial charge is 0.272 e. The van der Waals surface area contributed by atoms with Crippen LogP contribution in [0.5, 0.6) is 11.5 Å². The molecule has 142 valence electrons. The van der Waals surface area contributed by atoms with Crippen LogP contribution in [0.3, 0.4) is 0 Å². The monoisotopic (exact) mass is 439 g/mol. The van der Waals surface area contributed by atoms with E-state index in [-0.39, 0.29) is 5.91 Å². The summed E-state index contributed by atoms with van der Waals surface area (Å²) in [5.41, 5.74) is 4.70. The van der Waals surface area contributed by atoms with Crippen LogP contribution in [0, 0.1) is 0 Å². The van der Waals surface area contributed by atoms with Gasteiger partial charge in [0.15, 0.2) is 11.5 Å². The van der Waals surface area contributed by atoms with Crippen LogP contribution in [0.4, 0.5) is 0 Å². The summed E-state index contributed by atoms with van der Waals surface area (Å²) in [5, 5.41) is 3.99. The molecule has 0 atom stereocenters. The maximum atomic E-state index is 12.0. The van der Waals surface area contributed by atoms with Crippen LogP contribution in [0.1, 0.15) is 21.5 Å². The highest BCUT2D eigenvalue weighted by atomic mass is 79.9. The zero-order valence-electron chi connectivity index (χ0n) is 15.1. The Labute approximate surface area is 171 Å². The number of carbonyl (C=O) groups excluding carboxylic acids is 1. The fourth-order valence-electron chi connectivity index (χ4n) is 2.41. The first-order chi connectivity index (χ1) is 13.7. The van der Waals surface area contributed by atoms with Gasteiger partial charge in [-0.1, -0.05) is 30.3 Å². The summed E-state index contributed by atoms with van der Waals surface area (Å²) in [5.74, 6) is 0.825. The van der Waals surface area contributed by atoms with Crippen molar-refractivity contribution in [3.63, 3.8) is 0 Å². The van der Waals surface area contributed by atoms with Crippen LogP contribution >= 0.6 is 15.9 Å². The molecule has 2 aromatic carbocycles. The molecular weight excluding hydrogens is 422 g/mol. The van der Waals surface area contributed by atoms with Crippen molar-refractivity contribution in [2.45, 2.75) is 6.61 Å². The van der Waals surface area contributed by atoms with Gasteiger partial charge in [0, 0.05) is 12.4 Å². The van der Waals surface area contributed by atoms with Gasteiger partial charge in [-0.05, 0) is 51.3 Å². The largest absolute Gasteiger partial charge is 0.493 e. The molecule has 0 spiro atoms. The molecule has 1 heterocycles. The number of pyridine rings is 1. The number of carbonyl (C=O) groups is 1. The van der Waals surface area contributed by atoms with Crippen LogP contribution in [-0.4, -0.2) is 24.2 Å². The number of benzene rings is 2. The fourth-order valence-corrected chi connectivity index (χ4v) is 2.99. The number of nitrogens with zero attached hydrogens (tertiary/aromatic N) is 2. The summed E-state index contributed by atoms with van der Waals surface area (Å²) in [6, 6.07) is 16.8. The van der Waals surface area contributed by atoms with Gasteiger partial charge < -0.3 is 9.47 Å². The summed E-state index contributed by atoms with van der Waals surface area (Å²) in [6.07, 6.45) is 4.61. The van der Waals surface area contributed by atoms with E-state index < -0.39 is 0 Å². The van der Waals surface area contributed by atoms with E-state index in [1.54, 1.807) is 31.5 Å². The number of hydrogen-bond acceptors (Lipinski definition) is 5. The van der Waals surface area contributed by atoms with E-state index in [4.69, 9.17) is 9.47 Å². The number of halogens is 1. The summed E-state index contributed by atoms with van der Waals surface area (Å²) in [6.45, 7) is 0.421. The molecule has 0 aliphatic carbocycles. The van der Waals surface area contributed by atoms with E-state index in [0.717, 1.165) is 15.6 Å². The summed E-state index contributed by atoms with van der Waals surface area (Å²) in [7, 11) is 1.57. The zero-order chi connectivity index (χ0) is 19.8. The standard InChI is InChI=1S/C21H18BrN3O3/c1-27-19-11-16(12-24-25-21(26)17-8-5-9-23-13-17)10-18(22)20(19)28-14-15-6-3-2-4-7-15/h2-13H,14H2,1H3,(H,25,26). The van der Waals surface area contributed by atoms with Gasteiger partial charge in [0.1, 0.15) is 6.61 Å². The minimum atomic E-state index is -0.335. The van der Waals surface area contributed by atoms with Gasteiger partial charge in [0.05, 0.1) is 23.4 Å². The molecule has 0 radical (unpaired) electrons. The molecule has 3 rings (SSSR count). The highest BCUT2D eigenvalue weighted by Crippen LogP contribution is 2.36. The van der Waals surface area contributed by atoms with E-state index >= 15 is 0 Å². The molecule has 1 amide bonds. The Kier molecular flexibility index (Phi) is 6.75. The van der Waals surface area contributed by atoms with Crippen molar-refractivity contribution in [2.24, 2.45) is 5.10 Å². The van der Waals surface area contributed by atoms with Crippen LogP contribution in [0.2, 0.25) is 0 Å². The fraction of sp³-hybridized carbons (Fsp3) is 0.0952. The summed E-state index contributed by atoms with van der Waals surface area (Å²) < 4.78 is 12.1. The molecule has 0 aliphatic heterocycles. The average molecular weight is 440 g/mol. The molecule has 1 N–H and O–H groups in total. The first-order valence-corrected chi connectivity index (χ1v) is 9.24. The Morgan fingerprint density at radius 1 is 1.21 bits per heavy atom. The van der Waals surface area contributed by atoms with E-state index in [1.165, 1.54) is 12.4 Å². The lowest BCUT2D eigenvalue weighted by Gasteiger charge is -2.13.